The van der Waals surface area contributed by atoms with Crippen LogP contribution in [0.3, 0.4) is 0 Å². The fourth-order valence-corrected chi connectivity index (χ4v) is 6.30. The van der Waals surface area contributed by atoms with Crippen LogP contribution in [0.25, 0.3) is 0 Å². The van der Waals surface area contributed by atoms with Crippen LogP contribution in [0.2, 0.25) is 0 Å². The average molecular weight is 484 g/mol. The molecule has 2 atom stereocenters. The molecule has 2 aromatic rings. The zero-order valence-corrected chi connectivity index (χ0v) is 21.2. The summed E-state index contributed by atoms with van der Waals surface area (Å²) in [6.45, 7) is 8.28. The summed E-state index contributed by atoms with van der Waals surface area (Å²) >= 11 is 0. The predicted molar refractivity (Wildman–Crippen MR) is 129 cm³/mol. The Bertz CT molecular complexity index is 1190. The Balaban J connectivity index is 1.36. The summed E-state index contributed by atoms with van der Waals surface area (Å²) in [5.41, 5.74) is 1.85. The number of aromatic nitrogens is 2. The van der Waals surface area contributed by atoms with Crippen molar-refractivity contribution >= 4 is 15.7 Å². The largest absolute Gasteiger partial charge is 0.334 e. The molecule has 1 aromatic heterocycles. The lowest BCUT2D eigenvalue weighted by atomic mass is 9.92. The second-order valence-electron chi connectivity index (χ2n) is 10.4. The molecule has 0 spiro atoms. The van der Waals surface area contributed by atoms with Crippen LogP contribution in [0.5, 0.6) is 0 Å². The van der Waals surface area contributed by atoms with E-state index in [4.69, 9.17) is 5.26 Å². The minimum Gasteiger partial charge on any atom is -0.334 e. The first kappa shape index (κ1) is 24.4. The molecule has 1 aromatic carbocycles. The van der Waals surface area contributed by atoms with Gasteiger partial charge in [0.2, 0.25) is 0 Å². The number of hydrogen-bond acceptors (Lipinski definition) is 6. The van der Waals surface area contributed by atoms with Crippen LogP contribution in [0.4, 0.5) is 0 Å². The maximum atomic E-state index is 13.3. The highest BCUT2D eigenvalue weighted by Gasteiger charge is 2.41. The van der Waals surface area contributed by atoms with E-state index < -0.39 is 9.84 Å². The van der Waals surface area contributed by atoms with Crippen LogP contribution in [0.1, 0.15) is 61.8 Å². The number of rotatable bonds is 6. The van der Waals surface area contributed by atoms with E-state index in [-0.39, 0.29) is 34.1 Å². The van der Waals surface area contributed by atoms with E-state index in [0.29, 0.717) is 37.3 Å². The maximum absolute atomic E-state index is 13.3. The monoisotopic (exact) mass is 483 g/mol. The smallest absolute Gasteiger partial charge is 0.272 e. The van der Waals surface area contributed by atoms with E-state index in [1.54, 1.807) is 4.68 Å². The van der Waals surface area contributed by atoms with Crippen LogP contribution in [0, 0.1) is 11.3 Å². The number of likely N-dealkylation sites (tertiary alicyclic amines) is 1. The molecule has 4 rings (SSSR count). The quantitative estimate of drug-likeness (QED) is 0.626. The van der Waals surface area contributed by atoms with Gasteiger partial charge in [-0.05, 0) is 56.1 Å². The van der Waals surface area contributed by atoms with Crippen molar-refractivity contribution in [3.05, 3.63) is 47.3 Å². The van der Waals surface area contributed by atoms with Crippen LogP contribution in [-0.2, 0) is 22.3 Å². The van der Waals surface area contributed by atoms with Crippen molar-refractivity contribution in [2.75, 3.05) is 25.4 Å². The molecular weight excluding hydrogens is 450 g/mol. The molecule has 2 fully saturated rings. The van der Waals surface area contributed by atoms with E-state index in [9.17, 15) is 13.2 Å². The fraction of sp³-hybridized carbons (Fsp3) is 0.560. The standard InChI is InChI=1S/C25H33N5O3S/c1-25(2,3)23-14-22(28(4)27-23)24(31)29-16-19-8-9-20(17-29)30(19)12-5-13-34(32,33)21-10-6-18(15-26)7-11-21/h6-7,10-11,14,19-20H,5,8-9,12-13,16-17H2,1-4H3. The molecule has 9 heteroatoms. The lowest BCUT2D eigenvalue weighted by Gasteiger charge is -2.41. The summed E-state index contributed by atoms with van der Waals surface area (Å²) in [5.74, 6) is 0.0904. The zero-order valence-electron chi connectivity index (χ0n) is 20.4. The number of aryl methyl sites for hydroxylation is 1. The third-order valence-electron chi connectivity index (χ3n) is 6.96. The SMILES string of the molecule is Cn1nc(C(C)(C)C)cc1C(=O)N1CC2CCC(C1)N2CCCS(=O)(=O)c1ccc(C#N)cc1. The number of benzene rings is 1. The van der Waals surface area contributed by atoms with Crippen LogP contribution in [-0.4, -0.2) is 71.4 Å². The molecular formula is C25H33N5O3S. The molecule has 8 nitrogen and oxygen atoms in total. The molecule has 2 aliphatic heterocycles. The molecule has 2 unspecified atom stereocenters. The van der Waals surface area contributed by atoms with Crippen molar-refractivity contribution in [1.82, 2.24) is 19.6 Å². The van der Waals surface area contributed by atoms with Gasteiger partial charge in [0.05, 0.1) is 28.0 Å². The molecule has 34 heavy (non-hydrogen) atoms. The van der Waals surface area contributed by atoms with Crippen molar-refractivity contribution < 1.29 is 13.2 Å². The highest BCUT2D eigenvalue weighted by Crippen LogP contribution is 2.31. The number of nitrogens with zero attached hydrogens (tertiary/aromatic N) is 5. The van der Waals surface area contributed by atoms with Gasteiger partial charge in [-0.25, -0.2) is 8.42 Å². The fourth-order valence-electron chi connectivity index (χ4n) is 5.01. The minimum absolute atomic E-state index is 0.0189. The second-order valence-corrected chi connectivity index (χ2v) is 12.5. The van der Waals surface area contributed by atoms with E-state index in [2.05, 4.69) is 30.8 Å². The van der Waals surface area contributed by atoms with Crippen molar-refractivity contribution in [1.29, 1.82) is 5.26 Å². The van der Waals surface area contributed by atoms with E-state index >= 15 is 0 Å². The van der Waals surface area contributed by atoms with Crippen LogP contribution in [0.15, 0.2) is 35.2 Å². The Morgan fingerprint density at radius 3 is 2.29 bits per heavy atom. The molecule has 2 aliphatic rings. The zero-order chi connectivity index (χ0) is 24.7. The van der Waals surface area contributed by atoms with E-state index in [1.165, 1.54) is 24.3 Å². The van der Waals surface area contributed by atoms with Gasteiger partial charge in [0.1, 0.15) is 5.69 Å². The van der Waals surface area contributed by atoms with Gasteiger partial charge in [-0.2, -0.15) is 10.4 Å². The summed E-state index contributed by atoms with van der Waals surface area (Å²) in [6, 6.07) is 10.5. The second kappa shape index (κ2) is 9.16. The van der Waals surface area contributed by atoms with Gasteiger partial charge in [0.25, 0.3) is 5.91 Å². The van der Waals surface area contributed by atoms with Gasteiger partial charge >= 0.3 is 0 Å². The molecule has 1 amide bonds. The number of amides is 1. The van der Waals surface area contributed by atoms with Gasteiger partial charge in [0.15, 0.2) is 9.84 Å². The minimum atomic E-state index is -3.39. The number of piperazine rings is 1. The van der Waals surface area contributed by atoms with Gasteiger partial charge in [-0.3, -0.25) is 14.4 Å². The van der Waals surface area contributed by atoms with Gasteiger partial charge in [0, 0.05) is 37.6 Å². The number of carbonyl (C=O) groups excluding carboxylic acids is 1. The molecule has 0 N–H and O–H groups in total. The molecule has 182 valence electrons. The summed E-state index contributed by atoms with van der Waals surface area (Å²) in [5, 5.41) is 13.5. The van der Waals surface area contributed by atoms with Crippen molar-refractivity contribution in [3.8, 4) is 6.07 Å². The van der Waals surface area contributed by atoms with Gasteiger partial charge in [-0.15, -0.1) is 0 Å². The van der Waals surface area contributed by atoms with Crippen molar-refractivity contribution in [2.24, 2.45) is 7.05 Å². The Morgan fingerprint density at radius 2 is 1.76 bits per heavy atom. The van der Waals surface area contributed by atoms with E-state index in [1.807, 2.05) is 24.1 Å². The third kappa shape index (κ3) is 4.89. The van der Waals surface area contributed by atoms with Crippen LogP contribution < -0.4 is 0 Å². The Hall–Kier alpha value is -2.70. The number of nitriles is 1. The lowest BCUT2D eigenvalue weighted by molar-refractivity contribution is 0.0442. The average Bonchev–Trinajstić information content (AvgIpc) is 3.28. The maximum Gasteiger partial charge on any atom is 0.272 e. The Morgan fingerprint density at radius 1 is 1.15 bits per heavy atom. The molecule has 0 radical (unpaired) electrons. The lowest BCUT2D eigenvalue weighted by Crippen LogP contribution is -2.55. The number of fused-ring (bicyclic) bond motifs is 2. The molecule has 0 saturated carbocycles. The topological polar surface area (TPSA) is 99.3 Å². The first-order chi connectivity index (χ1) is 16.0. The first-order valence-electron chi connectivity index (χ1n) is 11.8. The van der Waals surface area contributed by atoms with Crippen LogP contribution >= 0.6 is 0 Å². The predicted octanol–water partition coefficient (Wildman–Crippen LogP) is 2.74. The molecule has 2 bridgehead atoms. The van der Waals surface area contributed by atoms with Crippen molar-refractivity contribution in [3.63, 3.8) is 0 Å². The van der Waals surface area contributed by atoms with Gasteiger partial charge in [-0.1, -0.05) is 20.8 Å². The van der Waals surface area contributed by atoms with Crippen molar-refractivity contribution in [2.45, 2.75) is 62.4 Å². The molecule has 0 aliphatic carbocycles. The first-order valence-corrected chi connectivity index (χ1v) is 13.5. The Kier molecular flexibility index (Phi) is 6.58. The summed E-state index contributed by atoms with van der Waals surface area (Å²) in [6.07, 6.45) is 2.59. The van der Waals surface area contributed by atoms with E-state index in [0.717, 1.165) is 18.5 Å². The number of sulfone groups is 1. The summed E-state index contributed by atoms with van der Waals surface area (Å²) in [4.78, 5) is 17.9. The number of hydrogen-bond donors (Lipinski definition) is 0. The molecule has 2 saturated heterocycles. The molecule has 3 heterocycles. The summed E-state index contributed by atoms with van der Waals surface area (Å²) in [7, 11) is -1.56. The summed E-state index contributed by atoms with van der Waals surface area (Å²) < 4.78 is 27.1. The Labute approximate surface area is 202 Å². The normalized spacial score (nSPS) is 21.0. The third-order valence-corrected chi connectivity index (χ3v) is 8.78. The highest BCUT2D eigenvalue weighted by atomic mass is 32.2. The highest BCUT2D eigenvalue weighted by molar-refractivity contribution is 7.91. The van der Waals surface area contributed by atoms with Gasteiger partial charge < -0.3 is 4.90 Å². The number of carbonyl (C=O) groups is 1.